The number of H-pyrrole nitrogens is 1. The van der Waals surface area contributed by atoms with Gasteiger partial charge in [-0.2, -0.15) is 0 Å². The first kappa shape index (κ1) is 23.8. The normalized spacial score (nSPS) is 13.8. The van der Waals surface area contributed by atoms with Crippen LogP contribution in [-0.4, -0.2) is 58.2 Å². The molecule has 3 rings (SSSR count). The van der Waals surface area contributed by atoms with Gasteiger partial charge in [0.25, 0.3) is 0 Å². The number of carboxylic acid groups (broad SMARTS) is 1. The molecule has 0 bridgehead atoms. The highest BCUT2D eigenvalue weighted by molar-refractivity contribution is 5.92. The summed E-state index contributed by atoms with van der Waals surface area (Å²) in [5.41, 5.74) is 2.34. The fraction of sp³-hybridized carbons (Fsp3) is 0.292. The van der Waals surface area contributed by atoms with E-state index < -0.39 is 30.0 Å². The molecule has 1 heterocycles. The maximum atomic E-state index is 13.1. The third kappa shape index (κ3) is 6.11. The van der Waals surface area contributed by atoms with Crippen molar-refractivity contribution in [2.75, 3.05) is 7.05 Å². The summed E-state index contributed by atoms with van der Waals surface area (Å²) in [5.74, 6) is -2.09. The molecule has 3 aromatic rings. The maximum absolute atomic E-state index is 13.1. The highest BCUT2D eigenvalue weighted by atomic mass is 16.4. The van der Waals surface area contributed by atoms with Crippen LogP contribution in [0.3, 0.4) is 0 Å². The van der Waals surface area contributed by atoms with Crippen molar-refractivity contribution in [3.8, 4) is 5.75 Å². The summed E-state index contributed by atoms with van der Waals surface area (Å²) < 4.78 is 0. The Kier molecular flexibility index (Phi) is 7.68. The molecule has 33 heavy (non-hydrogen) atoms. The number of nitrogens with one attached hydrogen (secondary N) is 4. The number of aromatic amines is 1. The molecule has 0 aliphatic carbocycles. The summed E-state index contributed by atoms with van der Waals surface area (Å²) in [5, 5.41) is 28.2. The molecule has 0 aliphatic heterocycles. The molecule has 0 saturated carbocycles. The summed E-state index contributed by atoms with van der Waals surface area (Å²) in [6, 6.07) is 11.0. The van der Waals surface area contributed by atoms with E-state index in [1.807, 2.05) is 24.3 Å². The first-order chi connectivity index (χ1) is 15.8. The van der Waals surface area contributed by atoms with Gasteiger partial charge in [0.1, 0.15) is 17.8 Å². The van der Waals surface area contributed by atoms with Crippen molar-refractivity contribution < 1.29 is 24.6 Å². The van der Waals surface area contributed by atoms with E-state index in [0.29, 0.717) is 5.56 Å². The third-order valence-corrected chi connectivity index (χ3v) is 5.55. The number of fused-ring (bicyclic) bond motifs is 1. The standard InChI is InChI=1S/C24H28N4O5/c1-14(25-2)22(30)27-20(11-15-7-9-17(29)10-8-15)23(31)28-21(24(32)33)12-16-13-26-19-6-4-3-5-18(16)19/h3-10,13-14,20-21,25-26,29H,11-12H2,1-2H3,(H,27,30)(H,28,31)(H,32,33)/t14-,20-,21+/m0/s1. The highest BCUT2D eigenvalue weighted by Gasteiger charge is 2.28. The molecule has 0 radical (unpaired) electrons. The van der Waals surface area contributed by atoms with Crippen LogP contribution in [0.15, 0.2) is 54.7 Å². The molecule has 2 aromatic carbocycles. The van der Waals surface area contributed by atoms with Crippen LogP contribution in [0.25, 0.3) is 10.9 Å². The zero-order valence-corrected chi connectivity index (χ0v) is 18.5. The lowest BCUT2D eigenvalue weighted by Gasteiger charge is -2.23. The number of rotatable bonds is 10. The number of carbonyl (C=O) groups is 3. The van der Waals surface area contributed by atoms with Crippen molar-refractivity contribution in [2.45, 2.75) is 37.9 Å². The number of aliphatic carboxylic acids is 1. The van der Waals surface area contributed by atoms with Crippen molar-refractivity contribution in [3.05, 3.63) is 65.9 Å². The number of carbonyl (C=O) groups excluding carboxylic acids is 2. The fourth-order valence-electron chi connectivity index (χ4n) is 3.50. The van der Waals surface area contributed by atoms with Crippen molar-refractivity contribution in [1.29, 1.82) is 0 Å². The average Bonchev–Trinajstić information content (AvgIpc) is 3.21. The summed E-state index contributed by atoms with van der Waals surface area (Å²) in [6.07, 6.45) is 1.95. The first-order valence-corrected chi connectivity index (χ1v) is 10.6. The van der Waals surface area contributed by atoms with E-state index in [2.05, 4.69) is 20.9 Å². The van der Waals surface area contributed by atoms with Gasteiger partial charge in [-0.3, -0.25) is 9.59 Å². The Morgan fingerprint density at radius 3 is 2.27 bits per heavy atom. The molecule has 0 unspecified atom stereocenters. The van der Waals surface area contributed by atoms with E-state index in [1.165, 1.54) is 12.1 Å². The number of benzene rings is 2. The Labute approximate surface area is 191 Å². The SMILES string of the molecule is CN[C@@H](C)C(=O)N[C@@H](Cc1ccc(O)cc1)C(=O)N[C@H](Cc1c[nH]c2ccccc12)C(=O)O. The Morgan fingerprint density at radius 1 is 0.939 bits per heavy atom. The van der Waals surface area contributed by atoms with Crippen LogP contribution in [0.2, 0.25) is 0 Å². The van der Waals surface area contributed by atoms with Crippen molar-refractivity contribution in [2.24, 2.45) is 0 Å². The van der Waals surface area contributed by atoms with E-state index in [0.717, 1.165) is 16.5 Å². The minimum Gasteiger partial charge on any atom is -0.508 e. The van der Waals surface area contributed by atoms with Gasteiger partial charge in [-0.1, -0.05) is 30.3 Å². The predicted octanol–water partition coefficient (Wildman–Crippen LogP) is 1.32. The molecule has 3 atom stereocenters. The molecule has 0 aliphatic rings. The Morgan fingerprint density at radius 2 is 1.61 bits per heavy atom. The molecule has 9 nitrogen and oxygen atoms in total. The van der Waals surface area contributed by atoms with E-state index in [9.17, 15) is 24.6 Å². The number of likely N-dealkylation sites (N-methyl/N-ethyl adjacent to an activating group) is 1. The number of amides is 2. The second kappa shape index (κ2) is 10.6. The van der Waals surface area contributed by atoms with Crippen LogP contribution in [-0.2, 0) is 27.2 Å². The number of phenols is 1. The topological polar surface area (TPSA) is 144 Å². The van der Waals surface area contributed by atoms with E-state index in [-0.39, 0.29) is 24.5 Å². The lowest BCUT2D eigenvalue weighted by Crippen LogP contribution is -2.55. The van der Waals surface area contributed by atoms with E-state index in [1.54, 1.807) is 32.3 Å². The molecule has 2 amide bonds. The molecule has 1 aromatic heterocycles. The molecule has 6 N–H and O–H groups in total. The number of carboxylic acids is 1. The average molecular weight is 453 g/mol. The van der Waals surface area contributed by atoms with Gasteiger partial charge in [-0.25, -0.2) is 4.79 Å². The number of aromatic hydroxyl groups is 1. The number of hydrogen-bond donors (Lipinski definition) is 6. The Bertz CT molecular complexity index is 1130. The van der Waals surface area contributed by atoms with E-state index >= 15 is 0 Å². The van der Waals surface area contributed by atoms with Crippen LogP contribution in [0, 0.1) is 0 Å². The number of para-hydroxylation sites is 1. The predicted molar refractivity (Wildman–Crippen MR) is 124 cm³/mol. The summed E-state index contributed by atoms with van der Waals surface area (Å²) in [4.78, 5) is 40.6. The van der Waals surface area contributed by atoms with Gasteiger partial charge in [0, 0.05) is 29.9 Å². The van der Waals surface area contributed by atoms with Crippen molar-refractivity contribution >= 4 is 28.7 Å². The van der Waals surface area contributed by atoms with Gasteiger partial charge in [-0.05, 0) is 43.3 Å². The third-order valence-electron chi connectivity index (χ3n) is 5.55. The monoisotopic (exact) mass is 452 g/mol. The van der Waals surface area contributed by atoms with E-state index in [4.69, 9.17) is 0 Å². The summed E-state index contributed by atoms with van der Waals surface area (Å²) in [6.45, 7) is 1.65. The van der Waals surface area contributed by atoms with Crippen molar-refractivity contribution in [3.63, 3.8) is 0 Å². The fourth-order valence-corrected chi connectivity index (χ4v) is 3.50. The van der Waals surface area contributed by atoms with Gasteiger partial charge < -0.3 is 31.1 Å². The molecular formula is C24H28N4O5. The van der Waals surface area contributed by atoms with Gasteiger partial charge in [0.05, 0.1) is 6.04 Å². The zero-order valence-electron chi connectivity index (χ0n) is 18.5. The van der Waals surface area contributed by atoms with Crippen LogP contribution >= 0.6 is 0 Å². The molecule has 0 spiro atoms. The summed E-state index contributed by atoms with van der Waals surface area (Å²) >= 11 is 0. The number of phenolic OH excluding ortho intramolecular Hbond substituents is 1. The zero-order chi connectivity index (χ0) is 24.0. The number of hydrogen-bond acceptors (Lipinski definition) is 5. The molecular weight excluding hydrogens is 424 g/mol. The molecule has 0 saturated heterocycles. The highest BCUT2D eigenvalue weighted by Crippen LogP contribution is 2.19. The van der Waals surface area contributed by atoms with Crippen LogP contribution < -0.4 is 16.0 Å². The smallest absolute Gasteiger partial charge is 0.326 e. The lowest BCUT2D eigenvalue weighted by atomic mass is 10.0. The first-order valence-electron chi connectivity index (χ1n) is 10.6. The van der Waals surface area contributed by atoms with Gasteiger partial charge in [-0.15, -0.1) is 0 Å². The Balaban J connectivity index is 1.79. The quantitative estimate of drug-likeness (QED) is 0.274. The minimum atomic E-state index is -1.18. The van der Waals surface area contributed by atoms with Gasteiger partial charge >= 0.3 is 5.97 Å². The minimum absolute atomic E-state index is 0.0808. The largest absolute Gasteiger partial charge is 0.508 e. The second-order valence-corrected chi connectivity index (χ2v) is 7.91. The molecule has 0 fully saturated rings. The second-order valence-electron chi connectivity index (χ2n) is 7.91. The lowest BCUT2D eigenvalue weighted by molar-refractivity contribution is -0.142. The summed E-state index contributed by atoms with van der Waals surface area (Å²) in [7, 11) is 1.63. The van der Waals surface area contributed by atoms with Crippen LogP contribution in [0.4, 0.5) is 0 Å². The maximum Gasteiger partial charge on any atom is 0.326 e. The van der Waals surface area contributed by atoms with Gasteiger partial charge in [0.2, 0.25) is 11.8 Å². The van der Waals surface area contributed by atoms with Crippen LogP contribution in [0.5, 0.6) is 5.75 Å². The van der Waals surface area contributed by atoms with Crippen molar-refractivity contribution in [1.82, 2.24) is 20.9 Å². The van der Waals surface area contributed by atoms with Gasteiger partial charge in [0.15, 0.2) is 0 Å². The molecule has 174 valence electrons. The van der Waals surface area contributed by atoms with Crippen LogP contribution in [0.1, 0.15) is 18.1 Å². The Hall–Kier alpha value is -3.85. The molecule has 9 heteroatoms. The number of aromatic nitrogens is 1.